The van der Waals surface area contributed by atoms with E-state index in [1.165, 1.54) is 0 Å². The van der Waals surface area contributed by atoms with Gasteiger partial charge in [0, 0.05) is 23.0 Å². The number of nitrogens with two attached hydrogens (primary N) is 1. The van der Waals surface area contributed by atoms with Crippen LogP contribution in [0.25, 0.3) is 10.8 Å². The Hall–Kier alpha value is -4.46. The van der Waals surface area contributed by atoms with Crippen LogP contribution in [0, 0.1) is 0 Å². The number of urea groups is 1. The first kappa shape index (κ1) is 24.7. The maximum atomic E-state index is 13.1. The van der Waals surface area contributed by atoms with Crippen molar-refractivity contribution in [1.29, 1.82) is 0 Å². The molecule has 4 aromatic rings. The van der Waals surface area contributed by atoms with Gasteiger partial charge in [-0.25, -0.2) is 9.78 Å². The van der Waals surface area contributed by atoms with Crippen molar-refractivity contribution in [2.24, 2.45) is 0 Å². The van der Waals surface area contributed by atoms with Crippen LogP contribution in [0.3, 0.4) is 0 Å². The number of hydrogen-bond donors (Lipinski definition) is 3. The topological polar surface area (TPSA) is 108 Å². The smallest absolute Gasteiger partial charge is 0.323 e. The van der Waals surface area contributed by atoms with Crippen molar-refractivity contribution in [2.45, 2.75) is 26.2 Å². The van der Waals surface area contributed by atoms with Gasteiger partial charge >= 0.3 is 6.03 Å². The van der Waals surface area contributed by atoms with Gasteiger partial charge in [0.2, 0.25) is 0 Å². The number of fused-ring (bicyclic) bond motifs is 1. The zero-order valence-corrected chi connectivity index (χ0v) is 21.0. The van der Waals surface area contributed by atoms with E-state index >= 15 is 0 Å². The second-order valence-electron chi connectivity index (χ2n) is 9.26. The zero-order valence-electron chi connectivity index (χ0n) is 21.0. The number of nitrogens with one attached hydrogen (secondary N) is 2. The Morgan fingerprint density at radius 2 is 1.58 bits per heavy atom. The highest BCUT2D eigenvalue weighted by Gasteiger charge is 2.21. The van der Waals surface area contributed by atoms with Crippen molar-refractivity contribution in [3.8, 4) is 23.0 Å². The number of ether oxygens (including phenoxy) is 3. The first-order chi connectivity index (χ1) is 17.2. The van der Waals surface area contributed by atoms with E-state index in [0.29, 0.717) is 40.2 Å². The Morgan fingerprint density at radius 3 is 2.25 bits per heavy atom. The zero-order chi connectivity index (χ0) is 25.9. The number of nitrogens with zero attached hydrogens (tertiary/aromatic N) is 1. The molecule has 186 valence electrons. The minimum atomic E-state index is -0.415. The van der Waals surface area contributed by atoms with E-state index in [-0.39, 0.29) is 5.41 Å². The van der Waals surface area contributed by atoms with Crippen LogP contribution in [0.2, 0.25) is 0 Å². The highest BCUT2D eigenvalue weighted by Crippen LogP contribution is 2.40. The number of carbonyl (C=O) groups excluding carboxylic acids is 1. The molecule has 8 nitrogen and oxygen atoms in total. The third-order valence-corrected chi connectivity index (χ3v) is 5.71. The molecular weight excluding hydrogens is 456 g/mol. The summed E-state index contributed by atoms with van der Waals surface area (Å²) in [5, 5.41) is 7.52. The fourth-order valence-electron chi connectivity index (χ4n) is 3.85. The summed E-state index contributed by atoms with van der Waals surface area (Å²) in [5.74, 6) is 2.57. The number of carbonyl (C=O) groups is 1. The number of rotatable bonds is 6. The van der Waals surface area contributed by atoms with Crippen molar-refractivity contribution in [3.05, 3.63) is 72.4 Å². The summed E-state index contributed by atoms with van der Waals surface area (Å²) in [7, 11) is 3.12. The third kappa shape index (κ3) is 5.27. The van der Waals surface area contributed by atoms with Crippen LogP contribution in [-0.4, -0.2) is 25.2 Å². The molecule has 2 amide bonds. The number of amides is 2. The minimum Gasteiger partial charge on any atom is -0.493 e. The van der Waals surface area contributed by atoms with Gasteiger partial charge in [-0.15, -0.1) is 0 Å². The molecule has 0 aliphatic carbocycles. The summed E-state index contributed by atoms with van der Waals surface area (Å²) < 4.78 is 17.1. The van der Waals surface area contributed by atoms with Crippen LogP contribution in [0.4, 0.5) is 22.0 Å². The summed E-state index contributed by atoms with van der Waals surface area (Å²) in [5.41, 5.74) is 7.76. The summed E-state index contributed by atoms with van der Waals surface area (Å²) in [6, 6.07) is 18.1. The molecular formula is C28H30N4O4. The van der Waals surface area contributed by atoms with E-state index in [2.05, 4.69) is 36.4 Å². The number of benzene rings is 3. The summed E-state index contributed by atoms with van der Waals surface area (Å²) >= 11 is 0. The van der Waals surface area contributed by atoms with E-state index in [0.717, 1.165) is 16.3 Å². The fourth-order valence-corrected chi connectivity index (χ4v) is 3.85. The number of aromatic nitrogens is 1. The predicted molar refractivity (Wildman–Crippen MR) is 144 cm³/mol. The van der Waals surface area contributed by atoms with E-state index in [1.807, 2.05) is 36.4 Å². The van der Waals surface area contributed by atoms with Crippen molar-refractivity contribution in [1.82, 2.24) is 4.98 Å². The van der Waals surface area contributed by atoms with Crippen LogP contribution in [0.15, 0.2) is 66.9 Å². The lowest BCUT2D eigenvalue weighted by Crippen LogP contribution is -2.21. The maximum Gasteiger partial charge on any atom is 0.323 e. The van der Waals surface area contributed by atoms with Crippen LogP contribution < -0.4 is 30.6 Å². The normalized spacial score (nSPS) is 11.1. The third-order valence-electron chi connectivity index (χ3n) is 5.71. The number of hydrogen-bond acceptors (Lipinski definition) is 6. The summed E-state index contributed by atoms with van der Waals surface area (Å²) in [6.07, 6.45) is 1.59. The molecule has 0 bridgehead atoms. The van der Waals surface area contributed by atoms with Gasteiger partial charge in [-0.2, -0.15) is 0 Å². The monoisotopic (exact) mass is 486 g/mol. The molecule has 4 rings (SSSR count). The molecule has 1 aromatic heterocycles. The molecule has 0 radical (unpaired) electrons. The lowest BCUT2D eigenvalue weighted by Gasteiger charge is -2.23. The average Bonchev–Trinajstić information content (AvgIpc) is 2.84. The lowest BCUT2D eigenvalue weighted by atomic mass is 9.86. The molecule has 4 N–H and O–H groups in total. The van der Waals surface area contributed by atoms with Crippen LogP contribution in [-0.2, 0) is 5.41 Å². The van der Waals surface area contributed by atoms with E-state index < -0.39 is 6.03 Å². The Balaban J connectivity index is 1.63. The van der Waals surface area contributed by atoms with Gasteiger partial charge in [-0.1, -0.05) is 45.0 Å². The molecule has 8 heteroatoms. The van der Waals surface area contributed by atoms with E-state index in [9.17, 15) is 4.79 Å². The molecule has 0 aliphatic heterocycles. The molecule has 36 heavy (non-hydrogen) atoms. The first-order valence-corrected chi connectivity index (χ1v) is 11.4. The van der Waals surface area contributed by atoms with Gasteiger partial charge in [0.1, 0.15) is 17.3 Å². The van der Waals surface area contributed by atoms with Gasteiger partial charge in [0.15, 0.2) is 11.5 Å². The Labute approximate surface area is 210 Å². The minimum absolute atomic E-state index is 0.155. The Kier molecular flexibility index (Phi) is 6.87. The van der Waals surface area contributed by atoms with Gasteiger partial charge in [-0.3, -0.25) is 0 Å². The molecule has 0 unspecified atom stereocenters. The second kappa shape index (κ2) is 10.0. The molecule has 0 aliphatic rings. The number of anilines is 3. The first-order valence-electron chi connectivity index (χ1n) is 11.4. The lowest BCUT2D eigenvalue weighted by molar-refractivity contribution is 0.262. The van der Waals surface area contributed by atoms with Gasteiger partial charge in [-0.05, 0) is 41.3 Å². The largest absolute Gasteiger partial charge is 0.493 e. The van der Waals surface area contributed by atoms with Crippen LogP contribution in [0.5, 0.6) is 23.0 Å². The maximum absolute atomic E-state index is 13.1. The fraction of sp³-hybridized carbons (Fsp3) is 0.214. The molecule has 3 aromatic carbocycles. The van der Waals surface area contributed by atoms with Crippen LogP contribution >= 0.6 is 0 Å². The Bertz CT molecular complexity index is 1410. The van der Waals surface area contributed by atoms with Gasteiger partial charge < -0.3 is 30.6 Å². The summed E-state index contributed by atoms with van der Waals surface area (Å²) in [4.78, 5) is 17.1. The van der Waals surface area contributed by atoms with Crippen molar-refractivity contribution in [2.75, 3.05) is 30.6 Å². The average molecular weight is 487 g/mol. The van der Waals surface area contributed by atoms with Crippen LogP contribution in [0.1, 0.15) is 26.3 Å². The summed E-state index contributed by atoms with van der Waals surface area (Å²) in [6.45, 7) is 6.27. The Morgan fingerprint density at radius 1 is 0.861 bits per heavy atom. The van der Waals surface area contributed by atoms with Gasteiger partial charge in [0.25, 0.3) is 0 Å². The molecule has 1 heterocycles. The van der Waals surface area contributed by atoms with E-state index in [1.54, 1.807) is 44.7 Å². The highest BCUT2D eigenvalue weighted by molar-refractivity contribution is 6.08. The predicted octanol–water partition coefficient (Wildman–Crippen LogP) is 6.57. The standard InChI is InChI=1S/C28H30N4O4/c1-28(2,3)17-14-22(26(35-5)24(15-17)34-4)32-27(33)31-21-10-11-23(20-9-7-6-8-19(20)21)36-18-12-13-30-25(29)16-18/h6-16H,1-5H3,(H2,29,30)(H2,31,32,33). The number of pyridine rings is 1. The molecule has 0 saturated carbocycles. The molecule has 0 spiro atoms. The molecule has 0 fully saturated rings. The second-order valence-corrected chi connectivity index (χ2v) is 9.26. The molecule has 0 atom stereocenters. The van der Waals surface area contributed by atoms with Crippen molar-refractivity contribution in [3.63, 3.8) is 0 Å². The van der Waals surface area contributed by atoms with Crippen molar-refractivity contribution < 1.29 is 19.0 Å². The number of nitrogen functional groups attached to an aromatic ring is 1. The highest BCUT2D eigenvalue weighted by atomic mass is 16.5. The van der Waals surface area contributed by atoms with Crippen molar-refractivity contribution >= 4 is 34.0 Å². The SMILES string of the molecule is COc1cc(C(C)(C)C)cc(NC(=O)Nc2ccc(Oc3ccnc(N)c3)c3ccccc23)c1OC. The van der Waals surface area contributed by atoms with Gasteiger partial charge in [0.05, 0.1) is 25.6 Å². The molecule has 0 saturated heterocycles. The number of methoxy groups -OCH3 is 2. The van der Waals surface area contributed by atoms with E-state index in [4.69, 9.17) is 19.9 Å². The quantitative estimate of drug-likeness (QED) is 0.285.